The third kappa shape index (κ3) is 3.28. The van der Waals surface area contributed by atoms with Gasteiger partial charge in [0.25, 0.3) is 5.91 Å². The van der Waals surface area contributed by atoms with Gasteiger partial charge in [0.15, 0.2) is 0 Å². The van der Waals surface area contributed by atoms with Crippen molar-refractivity contribution in [1.29, 1.82) is 0 Å². The molecular weight excluding hydrogens is 268 g/mol. The van der Waals surface area contributed by atoms with E-state index in [2.05, 4.69) is 15.4 Å². The molecule has 0 radical (unpaired) electrons. The van der Waals surface area contributed by atoms with Crippen LogP contribution in [0.15, 0.2) is 30.6 Å². The molecule has 0 aromatic carbocycles. The molecule has 2 aromatic heterocycles. The fourth-order valence-electron chi connectivity index (χ4n) is 2.35. The first-order valence-electron chi connectivity index (χ1n) is 7.06. The maximum atomic E-state index is 12.2. The molecule has 21 heavy (non-hydrogen) atoms. The summed E-state index contributed by atoms with van der Waals surface area (Å²) in [7, 11) is 0. The summed E-state index contributed by atoms with van der Waals surface area (Å²) in [6, 6.07) is 5.39. The molecule has 110 valence electrons. The topological polar surface area (TPSA) is 69.0 Å². The number of anilines is 1. The number of carbonyl (C=O) groups excluding carboxylic acids is 1. The van der Waals surface area contributed by atoms with Gasteiger partial charge in [-0.3, -0.25) is 9.78 Å². The van der Waals surface area contributed by atoms with Crippen LogP contribution in [-0.2, 0) is 11.3 Å². The van der Waals surface area contributed by atoms with Gasteiger partial charge in [-0.15, -0.1) is 0 Å². The predicted octanol–water partition coefficient (Wildman–Crippen LogP) is 1.88. The summed E-state index contributed by atoms with van der Waals surface area (Å²) in [5.74, 6) is 0.987. The number of nitrogens with zero attached hydrogens (tertiary/aromatic N) is 3. The first kappa shape index (κ1) is 13.8. The van der Waals surface area contributed by atoms with E-state index in [9.17, 15) is 4.79 Å². The molecule has 1 amide bonds. The molecule has 3 rings (SSSR count). The fraction of sp³-hybridized carbons (Fsp3) is 0.400. The number of hydrogen-bond donors (Lipinski definition) is 1. The lowest BCUT2D eigenvalue weighted by molar-refractivity contribution is 0.102. The Balaban J connectivity index is 1.68. The average molecular weight is 286 g/mol. The van der Waals surface area contributed by atoms with Crippen molar-refractivity contribution in [3.8, 4) is 0 Å². The van der Waals surface area contributed by atoms with Crippen molar-refractivity contribution in [2.24, 2.45) is 5.92 Å². The second-order valence-corrected chi connectivity index (χ2v) is 5.27. The molecule has 1 N–H and O–H groups in total. The van der Waals surface area contributed by atoms with Gasteiger partial charge in [-0.1, -0.05) is 0 Å². The highest BCUT2D eigenvalue weighted by Gasteiger charge is 2.18. The van der Waals surface area contributed by atoms with Crippen LogP contribution < -0.4 is 5.32 Å². The van der Waals surface area contributed by atoms with Gasteiger partial charge in [-0.25, -0.2) is 4.68 Å². The number of rotatable bonds is 4. The number of ether oxygens (including phenoxy) is 1. The zero-order valence-electron chi connectivity index (χ0n) is 12.0. The van der Waals surface area contributed by atoms with E-state index < -0.39 is 0 Å². The van der Waals surface area contributed by atoms with Crippen molar-refractivity contribution >= 4 is 11.7 Å². The molecule has 1 atom stereocenters. The molecule has 1 saturated heterocycles. The monoisotopic (exact) mass is 286 g/mol. The molecule has 2 aromatic rings. The summed E-state index contributed by atoms with van der Waals surface area (Å²) in [6.07, 6.45) is 4.31. The maximum Gasteiger partial charge on any atom is 0.258 e. The minimum absolute atomic E-state index is 0.174. The first-order chi connectivity index (χ1) is 10.2. The molecular formula is C15H18N4O2. The smallest absolute Gasteiger partial charge is 0.258 e. The summed E-state index contributed by atoms with van der Waals surface area (Å²) in [6.45, 7) is 4.22. The number of aromatic nitrogens is 3. The van der Waals surface area contributed by atoms with Gasteiger partial charge in [0.2, 0.25) is 0 Å². The Bertz CT molecular complexity index is 615. The van der Waals surface area contributed by atoms with Crippen molar-refractivity contribution in [3.63, 3.8) is 0 Å². The number of hydrogen-bond acceptors (Lipinski definition) is 4. The quantitative estimate of drug-likeness (QED) is 0.931. The molecule has 3 heterocycles. The second-order valence-electron chi connectivity index (χ2n) is 5.27. The highest BCUT2D eigenvalue weighted by molar-refractivity contribution is 6.03. The van der Waals surface area contributed by atoms with Crippen molar-refractivity contribution < 1.29 is 9.53 Å². The average Bonchev–Trinajstić information content (AvgIpc) is 3.13. The summed E-state index contributed by atoms with van der Waals surface area (Å²) in [4.78, 5) is 16.3. The van der Waals surface area contributed by atoms with E-state index in [1.807, 2.05) is 17.7 Å². The van der Waals surface area contributed by atoms with Gasteiger partial charge in [0.05, 0.1) is 18.4 Å². The molecule has 1 fully saturated rings. The van der Waals surface area contributed by atoms with E-state index in [0.717, 1.165) is 31.9 Å². The molecule has 1 aliphatic heterocycles. The Morgan fingerprint density at radius 1 is 1.48 bits per heavy atom. The van der Waals surface area contributed by atoms with Crippen molar-refractivity contribution in [1.82, 2.24) is 14.8 Å². The Morgan fingerprint density at radius 2 is 2.38 bits per heavy atom. The van der Waals surface area contributed by atoms with Crippen molar-refractivity contribution in [2.75, 3.05) is 18.5 Å². The zero-order valence-corrected chi connectivity index (χ0v) is 12.0. The molecule has 0 bridgehead atoms. The summed E-state index contributed by atoms with van der Waals surface area (Å²) < 4.78 is 7.19. The van der Waals surface area contributed by atoms with Crippen LogP contribution in [-0.4, -0.2) is 33.9 Å². The van der Waals surface area contributed by atoms with Crippen LogP contribution in [0, 0.1) is 12.8 Å². The van der Waals surface area contributed by atoms with Crippen LogP contribution in [0.1, 0.15) is 22.5 Å². The minimum atomic E-state index is -0.174. The Kier molecular flexibility index (Phi) is 3.96. The van der Waals surface area contributed by atoms with E-state index >= 15 is 0 Å². The normalized spacial score (nSPS) is 17.9. The highest BCUT2D eigenvalue weighted by Crippen LogP contribution is 2.17. The largest absolute Gasteiger partial charge is 0.381 e. The van der Waals surface area contributed by atoms with E-state index in [0.29, 0.717) is 17.3 Å². The van der Waals surface area contributed by atoms with E-state index in [1.54, 1.807) is 24.5 Å². The van der Waals surface area contributed by atoms with Crippen molar-refractivity contribution in [2.45, 2.75) is 19.9 Å². The van der Waals surface area contributed by atoms with Gasteiger partial charge < -0.3 is 10.1 Å². The standard InChI is InChI=1S/C15H18N4O2/c1-11-2-3-13(8-16-11)15(20)18-14-4-6-17-19(14)9-12-5-7-21-10-12/h2-4,6,8,12H,5,7,9-10H2,1H3,(H,18,20). The molecule has 6 heteroatoms. The summed E-state index contributed by atoms with van der Waals surface area (Å²) in [5.41, 5.74) is 1.43. The number of aryl methyl sites for hydroxylation is 1. The van der Waals surface area contributed by atoms with Crippen LogP contribution in [0.4, 0.5) is 5.82 Å². The fourth-order valence-corrected chi connectivity index (χ4v) is 2.35. The number of carbonyl (C=O) groups is 1. The van der Waals surface area contributed by atoms with E-state index in [-0.39, 0.29) is 5.91 Å². The minimum Gasteiger partial charge on any atom is -0.381 e. The van der Waals surface area contributed by atoms with E-state index in [1.165, 1.54) is 0 Å². The molecule has 0 spiro atoms. The maximum absolute atomic E-state index is 12.2. The van der Waals surface area contributed by atoms with Crippen LogP contribution in [0.25, 0.3) is 0 Å². The van der Waals surface area contributed by atoms with Gasteiger partial charge in [-0.2, -0.15) is 5.10 Å². The van der Waals surface area contributed by atoms with Crippen LogP contribution in [0.5, 0.6) is 0 Å². The molecule has 1 aliphatic rings. The van der Waals surface area contributed by atoms with Crippen LogP contribution in [0.2, 0.25) is 0 Å². The molecule has 1 unspecified atom stereocenters. The van der Waals surface area contributed by atoms with Gasteiger partial charge in [-0.05, 0) is 25.5 Å². The SMILES string of the molecule is Cc1ccc(C(=O)Nc2ccnn2CC2CCOC2)cn1. The lowest BCUT2D eigenvalue weighted by atomic mass is 10.1. The van der Waals surface area contributed by atoms with E-state index in [4.69, 9.17) is 4.74 Å². The predicted molar refractivity (Wildman–Crippen MR) is 78.1 cm³/mol. The molecule has 0 aliphatic carbocycles. The lowest BCUT2D eigenvalue weighted by Crippen LogP contribution is -2.19. The van der Waals surface area contributed by atoms with Crippen LogP contribution in [0.3, 0.4) is 0 Å². The Hall–Kier alpha value is -2.21. The molecule has 0 saturated carbocycles. The third-order valence-corrected chi connectivity index (χ3v) is 3.59. The Morgan fingerprint density at radius 3 is 3.10 bits per heavy atom. The lowest BCUT2D eigenvalue weighted by Gasteiger charge is -2.12. The summed E-state index contributed by atoms with van der Waals surface area (Å²) >= 11 is 0. The highest BCUT2D eigenvalue weighted by atomic mass is 16.5. The van der Waals surface area contributed by atoms with Gasteiger partial charge in [0.1, 0.15) is 5.82 Å². The zero-order chi connectivity index (χ0) is 14.7. The third-order valence-electron chi connectivity index (χ3n) is 3.59. The summed E-state index contributed by atoms with van der Waals surface area (Å²) in [5, 5.41) is 7.15. The van der Waals surface area contributed by atoms with Crippen molar-refractivity contribution in [3.05, 3.63) is 41.9 Å². The second kappa shape index (κ2) is 6.05. The van der Waals surface area contributed by atoms with Gasteiger partial charge >= 0.3 is 0 Å². The Labute approximate surface area is 123 Å². The number of amides is 1. The first-order valence-corrected chi connectivity index (χ1v) is 7.06. The van der Waals surface area contributed by atoms with Gasteiger partial charge in [0, 0.05) is 37.0 Å². The number of pyridine rings is 1. The molecule has 6 nitrogen and oxygen atoms in total. The van der Waals surface area contributed by atoms with Crippen LogP contribution >= 0.6 is 0 Å². The number of nitrogens with one attached hydrogen (secondary N) is 1.